The second-order valence-corrected chi connectivity index (χ2v) is 6.07. The number of hydrogen-bond donors (Lipinski definition) is 2. The zero-order valence-electron chi connectivity index (χ0n) is 11.7. The van der Waals surface area contributed by atoms with Crippen LogP contribution >= 0.6 is 0 Å². The number of nitrogens with zero attached hydrogens (tertiary/aromatic N) is 1. The molecule has 2 aliphatic rings. The van der Waals surface area contributed by atoms with Gasteiger partial charge in [0, 0.05) is 25.2 Å². The van der Waals surface area contributed by atoms with E-state index in [1.807, 2.05) is 0 Å². The van der Waals surface area contributed by atoms with Gasteiger partial charge in [-0.2, -0.15) is 0 Å². The third-order valence-electron chi connectivity index (χ3n) is 4.73. The van der Waals surface area contributed by atoms with Gasteiger partial charge in [-0.1, -0.05) is 30.3 Å². The molecule has 1 amide bonds. The second-order valence-electron chi connectivity index (χ2n) is 6.07. The molecule has 0 spiro atoms. The van der Waals surface area contributed by atoms with E-state index >= 15 is 0 Å². The van der Waals surface area contributed by atoms with Crippen LogP contribution in [0.2, 0.25) is 0 Å². The van der Waals surface area contributed by atoms with E-state index in [4.69, 9.17) is 5.11 Å². The second kappa shape index (κ2) is 5.83. The Bertz CT molecular complexity index is 449. The topological polar surface area (TPSA) is 52.6 Å². The van der Waals surface area contributed by atoms with Gasteiger partial charge in [0.25, 0.3) is 0 Å². The van der Waals surface area contributed by atoms with Gasteiger partial charge in [0.15, 0.2) is 0 Å². The maximum absolute atomic E-state index is 10.6. The molecule has 0 radical (unpaired) electrons. The van der Waals surface area contributed by atoms with Gasteiger partial charge >= 0.3 is 6.09 Å². The van der Waals surface area contributed by atoms with Crippen molar-refractivity contribution in [2.45, 2.75) is 44.3 Å². The minimum Gasteiger partial charge on any atom is -0.465 e. The Morgan fingerprint density at radius 3 is 2.45 bits per heavy atom. The van der Waals surface area contributed by atoms with Gasteiger partial charge in [-0.25, -0.2) is 4.79 Å². The number of amides is 1. The normalized spacial score (nSPS) is 29.3. The molecule has 2 aliphatic heterocycles. The van der Waals surface area contributed by atoms with E-state index in [2.05, 4.69) is 40.5 Å². The van der Waals surface area contributed by atoms with Crippen LogP contribution in [-0.4, -0.2) is 34.7 Å². The molecule has 2 unspecified atom stereocenters. The molecule has 108 valence electrons. The summed E-state index contributed by atoms with van der Waals surface area (Å²) in [4.78, 5) is 13.2. The monoisotopic (exact) mass is 274 g/mol. The maximum Gasteiger partial charge on any atom is 0.404 e. The molecule has 0 saturated carbocycles. The summed E-state index contributed by atoms with van der Waals surface area (Å²) in [6, 6.07) is 11.9. The van der Waals surface area contributed by atoms with E-state index in [1.54, 1.807) is 0 Å². The minimum absolute atomic E-state index is 0.510. The summed E-state index contributed by atoms with van der Waals surface area (Å²) in [5, 5.41) is 11.3. The number of nitrogens with one attached hydrogen (secondary N) is 1. The lowest BCUT2D eigenvalue weighted by Gasteiger charge is -2.39. The molecule has 2 fully saturated rings. The van der Waals surface area contributed by atoms with Crippen molar-refractivity contribution >= 4 is 6.09 Å². The van der Waals surface area contributed by atoms with Crippen LogP contribution < -0.4 is 5.32 Å². The fourth-order valence-electron chi connectivity index (χ4n) is 3.84. The number of carboxylic acid groups (broad SMARTS) is 1. The quantitative estimate of drug-likeness (QED) is 0.887. The Kier molecular flexibility index (Phi) is 3.92. The van der Waals surface area contributed by atoms with Crippen molar-refractivity contribution in [3.8, 4) is 0 Å². The number of rotatable bonds is 4. The molecule has 0 aliphatic carbocycles. The highest BCUT2D eigenvalue weighted by molar-refractivity contribution is 5.64. The van der Waals surface area contributed by atoms with Crippen molar-refractivity contribution in [2.24, 2.45) is 5.92 Å². The summed E-state index contributed by atoms with van der Waals surface area (Å²) in [7, 11) is 0. The minimum atomic E-state index is -0.899. The van der Waals surface area contributed by atoms with Gasteiger partial charge in [0.1, 0.15) is 0 Å². The highest BCUT2D eigenvalue weighted by Crippen LogP contribution is 2.39. The lowest BCUT2D eigenvalue weighted by molar-refractivity contribution is 0.0950. The van der Waals surface area contributed by atoms with Gasteiger partial charge < -0.3 is 10.4 Å². The van der Waals surface area contributed by atoms with Crippen molar-refractivity contribution in [3.63, 3.8) is 0 Å². The maximum atomic E-state index is 10.6. The number of piperidine rings is 1. The van der Waals surface area contributed by atoms with Crippen molar-refractivity contribution in [1.82, 2.24) is 10.2 Å². The van der Waals surface area contributed by atoms with Crippen molar-refractivity contribution in [1.29, 1.82) is 0 Å². The van der Waals surface area contributed by atoms with E-state index in [-0.39, 0.29) is 0 Å². The Labute approximate surface area is 119 Å². The van der Waals surface area contributed by atoms with Gasteiger partial charge in [-0.3, -0.25) is 4.90 Å². The summed E-state index contributed by atoms with van der Waals surface area (Å²) in [6.45, 7) is 1.65. The molecular formula is C16H22N2O2. The Morgan fingerprint density at radius 2 is 1.85 bits per heavy atom. The number of fused-ring (bicyclic) bond motifs is 2. The molecule has 1 aromatic rings. The molecule has 1 aromatic carbocycles. The Morgan fingerprint density at radius 1 is 1.20 bits per heavy atom. The molecule has 2 N–H and O–H groups in total. The molecule has 4 nitrogen and oxygen atoms in total. The number of benzene rings is 1. The zero-order chi connectivity index (χ0) is 13.9. The summed E-state index contributed by atoms with van der Waals surface area (Å²) < 4.78 is 0. The molecule has 3 rings (SSSR count). The SMILES string of the molecule is O=C(O)NCC1CC2CCC(C1)N2Cc1ccccc1. The zero-order valence-corrected chi connectivity index (χ0v) is 11.7. The molecule has 2 saturated heterocycles. The molecular weight excluding hydrogens is 252 g/mol. The lowest BCUT2D eigenvalue weighted by Crippen LogP contribution is -2.44. The van der Waals surface area contributed by atoms with Crippen molar-refractivity contribution in [3.05, 3.63) is 35.9 Å². The predicted molar refractivity (Wildman–Crippen MR) is 77.5 cm³/mol. The summed E-state index contributed by atoms with van der Waals surface area (Å²) in [5.41, 5.74) is 1.38. The van der Waals surface area contributed by atoms with E-state index < -0.39 is 6.09 Å². The van der Waals surface area contributed by atoms with E-state index in [0.29, 0.717) is 24.5 Å². The highest BCUT2D eigenvalue weighted by atomic mass is 16.4. The average molecular weight is 274 g/mol. The summed E-state index contributed by atoms with van der Waals surface area (Å²) in [6.07, 6.45) is 3.89. The first-order valence-electron chi connectivity index (χ1n) is 7.49. The van der Waals surface area contributed by atoms with Crippen LogP contribution in [-0.2, 0) is 6.54 Å². The fraction of sp³-hybridized carbons (Fsp3) is 0.562. The molecule has 4 heteroatoms. The van der Waals surface area contributed by atoms with Crippen LogP contribution in [0.1, 0.15) is 31.2 Å². The first-order valence-corrected chi connectivity index (χ1v) is 7.49. The van der Waals surface area contributed by atoms with Gasteiger partial charge in [-0.15, -0.1) is 0 Å². The Hall–Kier alpha value is -1.55. The standard InChI is InChI=1S/C16H22N2O2/c19-16(20)17-10-13-8-14-6-7-15(9-13)18(14)11-12-4-2-1-3-5-12/h1-5,13-15,17H,6-11H2,(H,19,20). The largest absolute Gasteiger partial charge is 0.465 e. The third kappa shape index (κ3) is 2.96. The molecule has 2 heterocycles. The van der Waals surface area contributed by atoms with Crippen LogP contribution in [0.25, 0.3) is 0 Å². The van der Waals surface area contributed by atoms with Crippen molar-refractivity contribution in [2.75, 3.05) is 6.54 Å². The van der Waals surface area contributed by atoms with Crippen LogP contribution in [0.4, 0.5) is 4.79 Å². The first kappa shape index (κ1) is 13.4. The van der Waals surface area contributed by atoms with E-state index in [0.717, 1.165) is 19.4 Å². The molecule has 0 aromatic heterocycles. The van der Waals surface area contributed by atoms with E-state index in [9.17, 15) is 4.79 Å². The fourth-order valence-corrected chi connectivity index (χ4v) is 3.84. The average Bonchev–Trinajstić information content (AvgIpc) is 2.69. The first-order chi connectivity index (χ1) is 9.72. The van der Waals surface area contributed by atoms with E-state index in [1.165, 1.54) is 18.4 Å². The lowest BCUT2D eigenvalue weighted by atomic mass is 9.90. The molecule has 20 heavy (non-hydrogen) atoms. The van der Waals surface area contributed by atoms with Crippen LogP contribution in [0.5, 0.6) is 0 Å². The van der Waals surface area contributed by atoms with Gasteiger partial charge in [0.05, 0.1) is 0 Å². The molecule has 2 bridgehead atoms. The smallest absolute Gasteiger partial charge is 0.404 e. The van der Waals surface area contributed by atoms with Gasteiger partial charge in [-0.05, 0) is 37.2 Å². The van der Waals surface area contributed by atoms with Crippen molar-refractivity contribution < 1.29 is 9.90 Å². The summed E-state index contributed by atoms with van der Waals surface area (Å²) >= 11 is 0. The number of carbonyl (C=O) groups is 1. The third-order valence-corrected chi connectivity index (χ3v) is 4.73. The highest BCUT2D eigenvalue weighted by Gasteiger charge is 2.40. The predicted octanol–water partition coefficient (Wildman–Crippen LogP) is 2.70. The summed E-state index contributed by atoms with van der Waals surface area (Å²) in [5.74, 6) is 0.510. The van der Waals surface area contributed by atoms with Gasteiger partial charge in [0.2, 0.25) is 0 Å². The molecule has 2 atom stereocenters. The Balaban J connectivity index is 1.59. The van der Waals surface area contributed by atoms with Crippen LogP contribution in [0, 0.1) is 5.92 Å². The number of hydrogen-bond acceptors (Lipinski definition) is 2. The van der Waals surface area contributed by atoms with Crippen LogP contribution in [0.15, 0.2) is 30.3 Å². The van der Waals surface area contributed by atoms with Crippen LogP contribution in [0.3, 0.4) is 0 Å².